The van der Waals surface area contributed by atoms with E-state index in [9.17, 15) is 18.0 Å². The van der Waals surface area contributed by atoms with Crippen LogP contribution in [0.5, 0.6) is 0 Å². The lowest BCUT2D eigenvalue weighted by Gasteiger charge is -2.18. The number of carboxylic acids is 1. The van der Waals surface area contributed by atoms with E-state index in [-0.39, 0.29) is 6.54 Å². The van der Waals surface area contributed by atoms with Crippen molar-refractivity contribution >= 4 is 5.97 Å². The lowest BCUT2D eigenvalue weighted by molar-refractivity contribution is -0.152. The Morgan fingerprint density at radius 2 is 1.89 bits per heavy atom. The number of hydrogen-bond acceptors (Lipinski definition) is 2. The van der Waals surface area contributed by atoms with Gasteiger partial charge in [0.15, 0.2) is 0 Å². The van der Waals surface area contributed by atoms with Gasteiger partial charge in [-0.05, 0) is 12.1 Å². The Labute approximate surface area is 108 Å². The summed E-state index contributed by atoms with van der Waals surface area (Å²) in [7, 11) is 0. The van der Waals surface area contributed by atoms with Crippen LogP contribution in [0.3, 0.4) is 0 Å². The normalized spacial score (nSPS) is 10.9. The van der Waals surface area contributed by atoms with Gasteiger partial charge in [-0.15, -0.1) is 0 Å². The maximum absolute atomic E-state index is 12.2. The van der Waals surface area contributed by atoms with Crippen LogP contribution >= 0.6 is 0 Å². The van der Waals surface area contributed by atoms with Crippen LogP contribution in [0.25, 0.3) is 0 Å². The van der Waals surface area contributed by atoms with Gasteiger partial charge in [0.1, 0.15) is 0 Å². The molecule has 0 aromatic heterocycles. The van der Waals surface area contributed by atoms with Crippen LogP contribution in [0.2, 0.25) is 0 Å². The van der Waals surface area contributed by atoms with E-state index >= 15 is 0 Å². The van der Waals surface area contributed by atoms with Crippen molar-refractivity contribution in [1.82, 2.24) is 4.90 Å². The Kier molecular flexibility index (Phi) is 5.39. The second-order valence-electron chi connectivity index (χ2n) is 3.82. The van der Waals surface area contributed by atoms with E-state index in [1.54, 1.807) is 30.3 Å². The van der Waals surface area contributed by atoms with Crippen molar-refractivity contribution in [3.05, 3.63) is 35.9 Å². The maximum atomic E-state index is 12.2. The summed E-state index contributed by atoms with van der Waals surface area (Å²) in [6, 6.07) is 8.76. The van der Waals surface area contributed by atoms with Gasteiger partial charge in [-0.1, -0.05) is 30.0 Å². The molecule has 0 aliphatic heterocycles. The fourth-order valence-electron chi connectivity index (χ4n) is 1.39. The topological polar surface area (TPSA) is 40.5 Å². The minimum absolute atomic E-state index is 0.249. The van der Waals surface area contributed by atoms with E-state index in [2.05, 4.69) is 11.8 Å². The third kappa shape index (κ3) is 7.11. The van der Waals surface area contributed by atoms with E-state index in [1.165, 1.54) is 0 Å². The van der Waals surface area contributed by atoms with Gasteiger partial charge in [-0.2, -0.15) is 13.2 Å². The summed E-state index contributed by atoms with van der Waals surface area (Å²) in [6.45, 7) is -2.23. The Balaban J connectivity index is 2.63. The lowest BCUT2D eigenvalue weighted by atomic mass is 10.2. The number of nitrogens with zero attached hydrogens (tertiary/aromatic N) is 1. The molecular weight excluding hydrogens is 259 g/mol. The Morgan fingerprint density at radius 1 is 1.26 bits per heavy atom. The second-order valence-corrected chi connectivity index (χ2v) is 3.82. The SMILES string of the molecule is O=C(O)CN(CC#Cc1ccccc1)CC(F)(F)F. The van der Waals surface area contributed by atoms with Gasteiger partial charge in [-0.25, -0.2) is 0 Å². The Bertz CT molecular complexity index is 474. The maximum Gasteiger partial charge on any atom is 0.401 e. The minimum atomic E-state index is -4.44. The van der Waals surface area contributed by atoms with Crippen LogP contribution in [0.4, 0.5) is 13.2 Å². The molecular formula is C13H12F3NO2. The summed E-state index contributed by atoms with van der Waals surface area (Å²) in [5, 5.41) is 8.54. The van der Waals surface area contributed by atoms with Crippen LogP contribution in [0.15, 0.2) is 30.3 Å². The highest BCUT2D eigenvalue weighted by atomic mass is 19.4. The second kappa shape index (κ2) is 6.81. The number of aliphatic carboxylic acids is 1. The highest BCUT2D eigenvalue weighted by Gasteiger charge is 2.31. The van der Waals surface area contributed by atoms with Crippen LogP contribution in [-0.2, 0) is 4.79 Å². The summed E-state index contributed by atoms with van der Waals surface area (Å²) in [5.74, 6) is 3.91. The standard InChI is InChI=1S/C13H12F3NO2/c14-13(15,16)10-17(9-12(18)19)8-4-7-11-5-2-1-3-6-11/h1-3,5-6H,8-10H2,(H,18,19). The number of hydrogen-bond donors (Lipinski definition) is 1. The lowest BCUT2D eigenvalue weighted by Crippen LogP contribution is -2.38. The average molecular weight is 271 g/mol. The molecule has 102 valence electrons. The minimum Gasteiger partial charge on any atom is -0.480 e. The molecule has 0 fully saturated rings. The molecule has 0 saturated carbocycles. The van der Waals surface area contributed by atoms with E-state index in [0.717, 1.165) is 4.90 Å². The number of rotatable bonds is 4. The van der Waals surface area contributed by atoms with Gasteiger partial charge < -0.3 is 5.11 Å². The fourth-order valence-corrected chi connectivity index (χ4v) is 1.39. The molecule has 3 nitrogen and oxygen atoms in total. The smallest absolute Gasteiger partial charge is 0.401 e. The summed E-state index contributed by atoms with van der Waals surface area (Å²) in [6.07, 6.45) is -4.44. The van der Waals surface area contributed by atoms with Crippen LogP contribution < -0.4 is 0 Å². The first-order chi connectivity index (χ1) is 8.87. The molecule has 0 bridgehead atoms. The quantitative estimate of drug-likeness (QED) is 0.851. The average Bonchev–Trinajstić information content (AvgIpc) is 2.27. The Hall–Kier alpha value is -2.00. The zero-order valence-corrected chi connectivity index (χ0v) is 9.94. The molecule has 0 aliphatic rings. The van der Waals surface area contributed by atoms with Crippen molar-refractivity contribution in [3.63, 3.8) is 0 Å². The van der Waals surface area contributed by atoms with Gasteiger partial charge in [0.2, 0.25) is 0 Å². The first kappa shape index (κ1) is 15.1. The molecule has 0 radical (unpaired) electrons. The highest BCUT2D eigenvalue weighted by molar-refractivity contribution is 5.69. The zero-order chi connectivity index (χ0) is 14.3. The van der Waals surface area contributed by atoms with Gasteiger partial charge in [-0.3, -0.25) is 9.69 Å². The van der Waals surface area contributed by atoms with E-state index < -0.39 is 25.2 Å². The van der Waals surface area contributed by atoms with E-state index in [1.807, 2.05) is 0 Å². The van der Waals surface area contributed by atoms with Gasteiger partial charge in [0, 0.05) is 5.56 Å². The molecule has 0 heterocycles. The Morgan fingerprint density at radius 3 is 2.42 bits per heavy atom. The van der Waals surface area contributed by atoms with Gasteiger partial charge in [0.05, 0.1) is 19.6 Å². The molecule has 0 saturated heterocycles. The number of halogens is 3. The highest BCUT2D eigenvalue weighted by Crippen LogP contribution is 2.15. The molecule has 0 atom stereocenters. The van der Waals surface area contributed by atoms with E-state index in [4.69, 9.17) is 5.11 Å². The molecule has 0 spiro atoms. The first-order valence-electron chi connectivity index (χ1n) is 5.41. The predicted molar refractivity (Wildman–Crippen MR) is 63.5 cm³/mol. The van der Waals surface area contributed by atoms with Crippen LogP contribution in [0, 0.1) is 11.8 Å². The van der Waals surface area contributed by atoms with Gasteiger partial charge >= 0.3 is 12.1 Å². The van der Waals surface area contributed by atoms with Crippen molar-refractivity contribution in [1.29, 1.82) is 0 Å². The van der Waals surface area contributed by atoms with Crippen molar-refractivity contribution < 1.29 is 23.1 Å². The summed E-state index contributed by atoms with van der Waals surface area (Å²) < 4.78 is 36.7. The molecule has 19 heavy (non-hydrogen) atoms. The van der Waals surface area contributed by atoms with Crippen molar-refractivity contribution in [2.45, 2.75) is 6.18 Å². The summed E-state index contributed by atoms with van der Waals surface area (Å²) in [5.41, 5.74) is 0.671. The molecule has 0 aliphatic carbocycles. The van der Waals surface area contributed by atoms with Crippen molar-refractivity contribution in [2.24, 2.45) is 0 Å². The molecule has 6 heteroatoms. The molecule has 0 unspecified atom stereocenters. The fraction of sp³-hybridized carbons (Fsp3) is 0.308. The zero-order valence-electron chi connectivity index (χ0n) is 9.94. The number of carboxylic acid groups (broad SMARTS) is 1. The predicted octanol–water partition coefficient (Wildman–Crippen LogP) is 1.99. The number of alkyl halides is 3. The third-order valence-electron chi connectivity index (χ3n) is 2.07. The summed E-state index contributed by atoms with van der Waals surface area (Å²) >= 11 is 0. The molecule has 1 aromatic carbocycles. The molecule has 0 amide bonds. The number of carbonyl (C=O) groups is 1. The van der Waals surface area contributed by atoms with Crippen LogP contribution in [-0.4, -0.2) is 41.8 Å². The first-order valence-corrected chi connectivity index (χ1v) is 5.41. The molecule has 1 aromatic rings. The number of benzene rings is 1. The van der Waals surface area contributed by atoms with Crippen LogP contribution in [0.1, 0.15) is 5.56 Å². The third-order valence-corrected chi connectivity index (χ3v) is 2.07. The van der Waals surface area contributed by atoms with Gasteiger partial charge in [0.25, 0.3) is 0 Å². The van der Waals surface area contributed by atoms with E-state index in [0.29, 0.717) is 5.56 Å². The van der Waals surface area contributed by atoms with Crippen molar-refractivity contribution in [2.75, 3.05) is 19.6 Å². The van der Waals surface area contributed by atoms with Crippen molar-refractivity contribution in [3.8, 4) is 11.8 Å². The monoisotopic (exact) mass is 271 g/mol. The largest absolute Gasteiger partial charge is 0.480 e. The molecule has 1 rings (SSSR count). The summed E-state index contributed by atoms with van der Waals surface area (Å²) in [4.78, 5) is 11.2. The molecule has 1 N–H and O–H groups in total.